The highest BCUT2D eigenvalue weighted by Crippen LogP contribution is 2.29. The van der Waals surface area contributed by atoms with Gasteiger partial charge in [-0.15, -0.1) is 0 Å². The first-order valence-corrected chi connectivity index (χ1v) is 10.6. The largest absolute Gasteiger partial charge is 0.298 e. The van der Waals surface area contributed by atoms with E-state index in [2.05, 4.69) is 15.0 Å². The number of nitrogens with zero attached hydrogens (tertiary/aromatic N) is 1. The minimum Gasteiger partial charge on any atom is -0.298 e. The number of benzene rings is 2. The molecule has 1 fully saturated rings. The van der Waals surface area contributed by atoms with Crippen LogP contribution >= 0.6 is 22.9 Å². The van der Waals surface area contributed by atoms with Gasteiger partial charge in [-0.1, -0.05) is 29.0 Å². The molecule has 0 aliphatic heterocycles. The molecule has 0 unspecified atom stereocenters. The average molecular weight is 408 g/mol. The summed E-state index contributed by atoms with van der Waals surface area (Å²) in [6.45, 7) is 0. The molecule has 2 N–H and O–H groups in total. The van der Waals surface area contributed by atoms with Crippen molar-refractivity contribution >= 4 is 54.2 Å². The molecule has 0 atom stereocenters. The van der Waals surface area contributed by atoms with Crippen LogP contribution in [-0.4, -0.2) is 25.4 Å². The number of fused-ring (bicyclic) bond motifs is 1. The van der Waals surface area contributed by atoms with E-state index in [-0.39, 0.29) is 16.5 Å². The monoisotopic (exact) mass is 407 g/mol. The van der Waals surface area contributed by atoms with Crippen molar-refractivity contribution in [2.75, 3.05) is 5.32 Å². The van der Waals surface area contributed by atoms with Gasteiger partial charge < -0.3 is 0 Å². The van der Waals surface area contributed by atoms with Crippen LogP contribution in [0.15, 0.2) is 47.4 Å². The normalized spacial score (nSPS) is 14.5. The number of sulfonamides is 1. The zero-order chi connectivity index (χ0) is 18.3. The van der Waals surface area contributed by atoms with E-state index in [1.54, 1.807) is 30.3 Å². The van der Waals surface area contributed by atoms with Crippen molar-refractivity contribution in [3.05, 3.63) is 53.1 Å². The van der Waals surface area contributed by atoms with Crippen molar-refractivity contribution in [3.8, 4) is 0 Å². The molecule has 4 rings (SSSR count). The Morgan fingerprint density at radius 3 is 2.77 bits per heavy atom. The minimum absolute atomic E-state index is 0.00653. The number of carbonyl (C=O) groups excluding carboxylic acids is 1. The molecular weight excluding hydrogens is 394 g/mol. The number of amides is 1. The highest BCUT2D eigenvalue weighted by molar-refractivity contribution is 7.89. The summed E-state index contributed by atoms with van der Waals surface area (Å²) in [6.07, 6.45) is 1.70. The molecule has 0 spiro atoms. The average Bonchev–Trinajstić information content (AvgIpc) is 3.31. The number of nitrogens with one attached hydrogen (secondary N) is 2. The molecule has 134 valence electrons. The Hall–Kier alpha value is -2.00. The molecule has 0 bridgehead atoms. The van der Waals surface area contributed by atoms with E-state index in [0.29, 0.717) is 10.2 Å². The van der Waals surface area contributed by atoms with Gasteiger partial charge in [-0.2, -0.15) is 0 Å². The minimum atomic E-state index is -3.61. The van der Waals surface area contributed by atoms with Gasteiger partial charge in [0.2, 0.25) is 10.0 Å². The SMILES string of the molecule is O=C(Nc1nc2ccc(Cl)cc2s1)c1cccc(S(=O)(=O)NC2CC2)c1. The molecule has 0 saturated heterocycles. The molecule has 1 aromatic heterocycles. The fourth-order valence-corrected chi connectivity index (χ4v) is 4.90. The zero-order valence-electron chi connectivity index (χ0n) is 13.4. The summed E-state index contributed by atoms with van der Waals surface area (Å²) in [5, 5.41) is 3.73. The number of rotatable bonds is 5. The second-order valence-electron chi connectivity index (χ2n) is 6.01. The topological polar surface area (TPSA) is 88.2 Å². The summed E-state index contributed by atoms with van der Waals surface area (Å²) < 4.78 is 28.1. The lowest BCUT2D eigenvalue weighted by Crippen LogP contribution is -2.26. The fraction of sp³-hybridized carbons (Fsp3) is 0.176. The van der Waals surface area contributed by atoms with Crippen LogP contribution in [-0.2, 0) is 10.0 Å². The highest BCUT2D eigenvalue weighted by atomic mass is 35.5. The number of hydrogen-bond acceptors (Lipinski definition) is 5. The fourth-order valence-electron chi connectivity index (χ4n) is 2.41. The lowest BCUT2D eigenvalue weighted by molar-refractivity contribution is 0.102. The van der Waals surface area contributed by atoms with Gasteiger partial charge in [0.15, 0.2) is 5.13 Å². The Balaban J connectivity index is 1.56. The van der Waals surface area contributed by atoms with Crippen LogP contribution in [0, 0.1) is 0 Å². The smallest absolute Gasteiger partial charge is 0.257 e. The van der Waals surface area contributed by atoms with Gasteiger partial charge in [-0.25, -0.2) is 18.1 Å². The van der Waals surface area contributed by atoms with Crippen molar-refractivity contribution in [2.24, 2.45) is 0 Å². The van der Waals surface area contributed by atoms with Gasteiger partial charge in [-0.05, 0) is 49.2 Å². The predicted molar refractivity (Wildman–Crippen MR) is 102 cm³/mol. The maximum atomic E-state index is 12.5. The van der Waals surface area contributed by atoms with Crippen molar-refractivity contribution in [2.45, 2.75) is 23.8 Å². The molecule has 26 heavy (non-hydrogen) atoms. The molecule has 1 saturated carbocycles. The van der Waals surface area contributed by atoms with Crippen LogP contribution in [0.2, 0.25) is 5.02 Å². The summed E-state index contributed by atoms with van der Waals surface area (Å²) >= 11 is 7.26. The molecule has 1 aliphatic rings. The molecule has 6 nitrogen and oxygen atoms in total. The molecule has 1 amide bonds. The van der Waals surface area contributed by atoms with Crippen molar-refractivity contribution < 1.29 is 13.2 Å². The molecule has 0 radical (unpaired) electrons. The van der Waals surface area contributed by atoms with Gasteiger partial charge in [0.05, 0.1) is 15.1 Å². The van der Waals surface area contributed by atoms with Crippen molar-refractivity contribution in [3.63, 3.8) is 0 Å². The maximum Gasteiger partial charge on any atom is 0.257 e. The van der Waals surface area contributed by atoms with Gasteiger partial charge in [0.1, 0.15) is 0 Å². The van der Waals surface area contributed by atoms with Crippen LogP contribution < -0.4 is 10.0 Å². The van der Waals surface area contributed by atoms with E-state index in [4.69, 9.17) is 11.6 Å². The summed E-state index contributed by atoms with van der Waals surface area (Å²) in [5.41, 5.74) is 0.987. The van der Waals surface area contributed by atoms with Crippen LogP contribution in [0.5, 0.6) is 0 Å². The van der Waals surface area contributed by atoms with E-state index in [9.17, 15) is 13.2 Å². The molecule has 1 aliphatic carbocycles. The van der Waals surface area contributed by atoms with E-state index >= 15 is 0 Å². The Kier molecular flexibility index (Phi) is 4.44. The van der Waals surface area contributed by atoms with Crippen LogP contribution in [0.25, 0.3) is 10.2 Å². The third-order valence-corrected chi connectivity index (χ3v) is 6.56. The van der Waals surface area contributed by atoms with Gasteiger partial charge >= 0.3 is 0 Å². The number of thiazole rings is 1. The Bertz CT molecular complexity index is 1110. The highest BCUT2D eigenvalue weighted by Gasteiger charge is 2.28. The third kappa shape index (κ3) is 3.73. The van der Waals surface area contributed by atoms with E-state index < -0.39 is 15.9 Å². The molecule has 1 heterocycles. The van der Waals surface area contributed by atoms with Crippen LogP contribution in [0.3, 0.4) is 0 Å². The summed E-state index contributed by atoms with van der Waals surface area (Å²) in [5.74, 6) is -0.418. The third-order valence-electron chi connectivity index (χ3n) is 3.88. The summed E-state index contributed by atoms with van der Waals surface area (Å²) in [4.78, 5) is 16.9. The predicted octanol–water partition coefficient (Wildman–Crippen LogP) is 3.64. The van der Waals surface area contributed by atoms with Crippen LogP contribution in [0.1, 0.15) is 23.2 Å². The molecule has 9 heteroatoms. The second-order valence-corrected chi connectivity index (χ2v) is 9.19. The first kappa shape index (κ1) is 17.4. The lowest BCUT2D eigenvalue weighted by Gasteiger charge is -2.07. The van der Waals surface area contributed by atoms with E-state index in [1.807, 2.05) is 0 Å². The molecular formula is C17H14ClN3O3S2. The molecule has 2 aromatic carbocycles. The van der Waals surface area contributed by atoms with Gasteiger partial charge in [0, 0.05) is 16.6 Å². The standard InChI is InChI=1S/C17H14ClN3O3S2/c18-11-4-7-14-15(9-11)25-17(19-14)20-16(22)10-2-1-3-13(8-10)26(23,24)21-12-5-6-12/h1-4,7-9,12,21H,5-6H2,(H,19,20,22). The van der Waals surface area contributed by atoms with Crippen LogP contribution in [0.4, 0.5) is 5.13 Å². The summed E-state index contributed by atoms with van der Waals surface area (Å²) in [6, 6.07) is 11.3. The van der Waals surface area contributed by atoms with Crippen molar-refractivity contribution in [1.82, 2.24) is 9.71 Å². The molecule has 3 aromatic rings. The number of hydrogen-bond donors (Lipinski definition) is 2. The quantitative estimate of drug-likeness (QED) is 0.675. The van der Waals surface area contributed by atoms with Gasteiger partial charge in [-0.3, -0.25) is 10.1 Å². The Morgan fingerprint density at radius 1 is 1.19 bits per heavy atom. The Labute approximate surface area is 159 Å². The number of aromatic nitrogens is 1. The number of carbonyl (C=O) groups is 1. The maximum absolute atomic E-state index is 12.5. The first-order chi connectivity index (χ1) is 12.4. The first-order valence-electron chi connectivity index (χ1n) is 7.90. The number of halogens is 1. The van der Waals surface area contributed by atoms with E-state index in [1.165, 1.54) is 23.5 Å². The number of anilines is 1. The van der Waals surface area contributed by atoms with Crippen molar-refractivity contribution in [1.29, 1.82) is 0 Å². The van der Waals surface area contributed by atoms with Gasteiger partial charge in [0.25, 0.3) is 5.91 Å². The van der Waals surface area contributed by atoms with E-state index in [0.717, 1.165) is 23.1 Å². The second kappa shape index (κ2) is 6.62. The zero-order valence-corrected chi connectivity index (χ0v) is 15.8. The Morgan fingerprint density at radius 2 is 2.00 bits per heavy atom. The summed E-state index contributed by atoms with van der Waals surface area (Å²) in [7, 11) is -3.61. The lowest BCUT2D eigenvalue weighted by atomic mass is 10.2.